The number of rotatable bonds is 3. The van der Waals surface area contributed by atoms with Crippen molar-refractivity contribution in [2.45, 2.75) is 18.4 Å². The van der Waals surface area contributed by atoms with Crippen LogP contribution in [0.3, 0.4) is 0 Å². The Labute approximate surface area is 158 Å². The molecule has 0 saturated carbocycles. The summed E-state index contributed by atoms with van der Waals surface area (Å²) in [6.07, 6.45) is 1.91. The van der Waals surface area contributed by atoms with Crippen LogP contribution >= 0.6 is 0 Å². The molecule has 0 unspecified atom stereocenters. The monoisotopic (exact) mass is 362 g/mol. The molecule has 2 heterocycles. The number of hydrogen-bond donors (Lipinski definition) is 1. The van der Waals surface area contributed by atoms with E-state index in [4.69, 9.17) is 4.74 Å². The lowest BCUT2D eigenvalue weighted by Gasteiger charge is -2.37. The molecule has 1 aliphatic rings. The molecule has 2 atom stereocenters. The maximum Gasteiger partial charge on any atom is 0.341 e. The van der Waals surface area contributed by atoms with Gasteiger partial charge in [0, 0.05) is 25.2 Å². The van der Waals surface area contributed by atoms with Gasteiger partial charge in [0.2, 0.25) is 0 Å². The molecule has 0 amide bonds. The van der Waals surface area contributed by atoms with Crippen molar-refractivity contribution in [3.05, 3.63) is 71.9 Å². The number of esters is 1. The van der Waals surface area contributed by atoms with Crippen molar-refractivity contribution in [2.75, 3.05) is 25.1 Å². The van der Waals surface area contributed by atoms with Gasteiger partial charge in [0.1, 0.15) is 11.4 Å². The Kier molecular flexibility index (Phi) is 4.77. The summed E-state index contributed by atoms with van der Waals surface area (Å²) in [7, 11) is 1.36. The van der Waals surface area contributed by atoms with Crippen molar-refractivity contribution < 1.29 is 14.6 Å². The van der Waals surface area contributed by atoms with E-state index < -0.39 is 12.1 Å². The fraction of sp³-hybridized carbons (Fsp3) is 0.273. The highest BCUT2D eigenvalue weighted by atomic mass is 16.5. The minimum atomic E-state index is -0.535. The molecule has 0 aliphatic carbocycles. The SMILES string of the molecule is COC(=O)c1cccnc1N1CC[C@@H](c2ccc3ccccc3c2)[C@H](O)C1. The van der Waals surface area contributed by atoms with Crippen LogP contribution < -0.4 is 4.90 Å². The van der Waals surface area contributed by atoms with Crippen molar-refractivity contribution in [1.82, 2.24) is 4.98 Å². The van der Waals surface area contributed by atoms with Crippen molar-refractivity contribution in [1.29, 1.82) is 0 Å². The molecule has 3 aromatic rings. The van der Waals surface area contributed by atoms with E-state index in [-0.39, 0.29) is 5.92 Å². The molecule has 1 aromatic heterocycles. The number of carbonyl (C=O) groups is 1. The standard InChI is InChI=1S/C22H22N2O3/c1-27-22(26)19-7-4-11-23-21(19)24-12-10-18(20(25)14-24)17-9-8-15-5-2-3-6-16(15)13-17/h2-9,11,13,18,20,25H,10,12,14H2,1H3/t18-,20+/m0/s1. The van der Waals surface area contributed by atoms with Crippen LogP contribution in [0.4, 0.5) is 5.82 Å². The number of pyridine rings is 1. The zero-order valence-electron chi connectivity index (χ0n) is 15.2. The Morgan fingerprint density at radius 3 is 2.74 bits per heavy atom. The zero-order valence-corrected chi connectivity index (χ0v) is 15.2. The van der Waals surface area contributed by atoms with Crippen LogP contribution in [0.25, 0.3) is 10.8 Å². The number of hydrogen-bond acceptors (Lipinski definition) is 5. The number of aliphatic hydroxyl groups is 1. The van der Waals surface area contributed by atoms with E-state index in [2.05, 4.69) is 35.3 Å². The molecule has 0 radical (unpaired) electrons. The summed E-state index contributed by atoms with van der Waals surface area (Å²) in [5.74, 6) is 0.223. The van der Waals surface area contributed by atoms with Crippen molar-refractivity contribution in [3.8, 4) is 0 Å². The third kappa shape index (κ3) is 3.38. The van der Waals surface area contributed by atoms with Crippen LogP contribution in [-0.4, -0.2) is 42.4 Å². The lowest BCUT2D eigenvalue weighted by atomic mass is 9.86. The predicted molar refractivity (Wildman–Crippen MR) is 105 cm³/mol. The first-order chi connectivity index (χ1) is 13.2. The molecule has 1 aliphatic heterocycles. The number of fused-ring (bicyclic) bond motifs is 1. The number of β-amino-alcohol motifs (C(OH)–C–C–N with tert-alkyl or cyclic N) is 1. The van der Waals surface area contributed by atoms with Gasteiger partial charge in [-0.05, 0) is 34.9 Å². The first kappa shape index (κ1) is 17.5. The average Bonchev–Trinajstić information content (AvgIpc) is 2.72. The average molecular weight is 362 g/mol. The van der Waals surface area contributed by atoms with E-state index in [0.29, 0.717) is 17.9 Å². The number of nitrogens with zero attached hydrogens (tertiary/aromatic N) is 2. The Balaban J connectivity index is 1.57. The summed E-state index contributed by atoms with van der Waals surface area (Å²) >= 11 is 0. The normalized spacial score (nSPS) is 19.9. The predicted octanol–water partition coefficient (Wildman–Crippen LogP) is 3.38. The molecule has 1 fully saturated rings. The Morgan fingerprint density at radius 1 is 1.15 bits per heavy atom. The maximum atomic E-state index is 12.0. The number of anilines is 1. The molecule has 27 heavy (non-hydrogen) atoms. The van der Waals surface area contributed by atoms with E-state index in [0.717, 1.165) is 18.5 Å². The maximum absolute atomic E-state index is 12.0. The fourth-order valence-electron chi connectivity index (χ4n) is 3.87. The van der Waals surface area contributed by atoms with Gasteiger partial charge in [-0.3, -0.25) is 0 Å². The molecule has 0 spiro atoms. The molecule has 4 rings (SSSR count). The van der Waals surface area contributed by atoms with E-state index in [9.17, 15) is 9.90 Å². The van der Waals surface area contributed by atoms with Crippen LogP contribution in [-0.2, 0) is 4.74 Å². The van der Waals surface area contributed by atoms with Gasteiger partial charge in [0.05, 0.1) is 13.2 Å². The molecule has 1 N–H and O–H groups in total. The first-order valence-corrected chi connectivity index (χ1v) is 9.12. The highest BCUT2D eigenvalue weighted by Crippen LogP contribution is 2.33. The summed E-state index contributed by atoms with van der Waals surface area (Å²) in [5, 5.41) is 13.2. The zero-order chi connectivity index (χ0) is 18.8. The lowest BCUT2D eigenvalue weighted by molar-refractivity contribution is 0.0600. The third-order valence-corrected chi connectivity index (χ3v) is 5.28. The smallest absolute Gasteiger partial charge is 0.341 e. The van der Waals surface area contributed by atoms with E-state index in [1.807, 2.05) is 17.0 Å². The topological polar surface area (TPSA) is 62.7 Å². The summed E-state index contributed by atoms with van der Waals surface area (Å²) in [4.78, 5) is 18.3. The first-order valence-electron chi connectivity index (χ1n) is 9.12. The van der Waals surface area contributed by atoms with Gasteiger partial charge in [-0.25, -0.2) is 9.78 Å². The summed E-state index contributed by atoms with van der Waals surface area (Å²) in [6.45, 7) is 1.15. The molecular formula is C22H22N2O3. The fourth-order valence-corrected chi connectivity index (χ4v) is 3.87. The number of aliphatic hydroxyl groups excluding tert-OH is 1. The molecule has 138 valence electrons. The Bertz CT molecular complexity index is 972. The highest BCUT2D eigenvalue weighted by Gasteiger charge is 2.31. The Hall–Kier alpha value is -2.92. The number of methoxy groups -OCH3 is 1. The second-order valence-corrected chi connectivity index (χ2v) is 6.88. The minimum absolute atomic E-state index is 0.0659. The van der Waals surface area contributed by atoms with E-state index in [1.165, 1.54) is 17.9 Å². The van der Waals surface area contributed by atoms with Gasteiger partial charge in [0.25, 0.3) is 0 Å². The quantitative estimate of drug-likeness (QED) is 0.724. The number of aromatic nitrogens is 1. The van der Waals surface area contributed by atoms with Gasteiger partial charge in [-0.2, -0.15) is 0 Å². The summed E-state index contributed by atoms with van der Waals surface area (Å²) in [6, 6.07) is 18.0. The third-order valence-electron chi connectivity index (χ3n) is 5.28. The molecule has 5 nitrogen and oxygen atoms in total. The summed E-state index contributed by atoms with van der Waals surface area (Å²) < 4.78 is 4.86. The van der Waals surface area contributed by atoms with Crippen LogP contribution in [0, 0.1) is 0 Å². The number of ether oxygens (including phenoxy) is 1. The second-order valence-electron chi connectivity index (χ2n) is 6.88. The van der Waals surface area contributed by atoms with Gasteiger partial charge >= 0.3 is 5.97 Å². The van der Waals surface area contributed by atoms with Crippen LogP contribution in [0.1, 0.15) is 28.3 Å². The van der Waals surface area contributed by atoms with Gasteiger partial charge in [-0.1, -0.05) is 42.5 Å². The van der Waals surface area contributed by atoms with E-state index in [1.54, 1.807) is 18.3 Å². The van der Waals surface area contributed by atoms with Gasteiger partial charge in [0.15, 0.2) is 0 Å². The largest absolute Gasteiger partial charge is 0.465 e. The van der Waals surface area contributed by atoms with Gasteiger partial charge in [-0.15, -0.1) is 0 Å². The molecular weight excluding hydrogens is 340 g/mol. The van der Waals surface area contributed by atoms with Crippen LogP contribution in [0.15, 0.2) is 60.8 Å². The van der Waals surface area contributed by atoms with Crippen LogP contribution in [0.5, 0.6) is 0 Å². The van der Waals surface area contributed by atoms with Crippen LogP contribution in [0.2, 0.25) is 0 Å². The van der Waals surface area contributed by atoms with Crippen molar-refractivity contribution >= 4 is 22.6 Å². The second kappa shape index (κ2) is 7.37. The molecule has 1 saturated heterocycles. The summed E-state index contributed by atoms with van der Waals surface area (Å²) in [5.41, 5.74) is 1.58. The lowest BCUT2D eigenvalue weighted by Crippen LogP contribution is -2.43. The highest BCUT2D eigenvalue weighted by molar-refractivity contribution is 5.94. The number of piperidine rings is 1. The van der Waals surface area contributed by atoms with Gasteiger partial charge < -0.3 is 14.7 Å². The number of benzene rings is 2. The minimum Gasteiger partial charge on any atom is -0.465 e. The number of carbonyl (C=O) groups excluding carboxylic acids is 1. The Morgan fingerprint density at radius 2 is 1.96 bits per heavy atom. The molecule has 2 aromatic carbocycles. The van der Waals surface area contributed by atoms with Crippen molar-refractivity contribution in [3.63, 3.8) is 0 Å². The van der Waals surface area contributed by atoms with E-state index >= 15 is 0 Å². The van der Waals surface area contributed by atoms with Crippen molar-refractivity contribution in [2.24, 2.45) is 0 Å². The molecule has 5 heteroatoms. The molecule has 0 bridgehead atoms.